The number of nitrogens with zero attached hydrogens (tertiary/aromatic N) is 1. The Morgan fingerprint density at radius 3 is 2.61 bits per heavy atom. The molecule has 0 unspecified atom stereocenters. The quantitative estimate of drug-likeness (QED) is 0.898. The van der Waals surface area contributed by atoms with Crippen LogP contribution < -0.4 is 5.32 Å². The lowest BCUT2D eigenvalue weighted by Gasteiger charge is -2.36. The number of piperidine rings is 1. The zero-order valence-electron chi connectivity index (χ0n) is 12.2. The molecule has 0 amide bonds. The van der Waals surface area contributed by atoms with E-state index < -0.39 is 0 Å². The van der Waals surface area contributed by atoms with E-state index in [0.29, 0.717) is 5.41 Å². The van der Waals surface area contributed by atoms with Crippen molar-refractivity contribution in [3.05, 3.63) is 21.4 Å². The summed E-state index contributed by atoms with van der Waals surface area (Å²) < 4.78 is 0. The van der Waals surface area contributed by atoms with E-state index in [0.717, 1.165) is 13.1 Å². The van der Waals surface area contributed by atoms with Crippen molar-refractivity contribution in [1.82, 2.24) is 10.2 Å². The molecule has 0 saturated carbocycles. The second-order valence-electron chi connectivity index (χ2n) is 6.26. The average molecular weight is 266 g/mol. The maximum absolute atomic E-state index is 3.24. The Morgan fingerprint density at radius 2 is 2.00 bits per heavy atom. The first-order chi connectivity index (χ1) is 8.50. The van der Waals surface area contributed by atoms with Crippen LogP contribution in [-0.2, 0) is 13.1 Å². The van der Waals surface area contributed by atoms with Crippen molar-refractivity contribution in [2.45, 2.75) is 46.7 Å². The zero-order chi connectivity index (χ0) is 13.2. The number of aryl methyl sites for hydroxylation is 1. The first-order valence-corrected chi connectivity index (χ1v) is 7.77. The monoisotopic (exact) mass is 266 g/mol. The van der Waals surface area contributed by atoms with Crippen LogP contribution in [0.3, 0.4) is 0 Å². The highest BCUT2D eigenvalue weighted by Gasteiger charge is 2.25. The Labute approximate surface area is 115 Å². The lowest BCUT2D eigenvalue weighted by atomic mass is 9.82. The van der Waals surface area contributed by atoms with E-state index >= 15 is 0 Å². The third-order valence-electron chi connectivity index (χ3n) is 4.03. The molecule has 3 heteroatoms. The fourth-order valence-electron chi connectivity index (χ4n) is 2.56. The van der Waals surface area contributed by atoms with Crippen molar-refractivity contribution in [1.29, 1.82) is 0 Å². The van der Waals surface area contributed by atoms with Crippen LogP contribution in [0.2, 0.25) is 0 Å². The molecule has 18 heavy (non-hydrogen) atoms. The molecule has 1 aliphatic rings. The molecular weight excluding hydrogens is 240 g/mol. The summed E-state index contributed by atoms with van der Waals surface area (Å²) in [6, 6.07) is 2.39. The molecule has 2 heterocycles. The van der Waals surface area contributed by atoms with Gasteiger partial charge in [0.15, 0.2) is 0 Å². The van der Waals surface area contributed by atoms with Gasteiger partial charge in [-0.15, -0.1) is 11.3 Å². The van der Waals surface area contributed by atoms with Gasteiger partial charge < -0.3 is 5.32 Å². The van der Waals surface area contributed by atoms with Crippen LogP contribution in [0, 0.1) is 12.3 Å². The fraction of sp³-hybridized carbons (Fsp3) is 0.733. The summed E-state index contributed by atoms with van der Waals surface area (Å²) >= 11 is 1.94. The molecule has 0 spiro atoms. The predicted molar refractivity (Wildman–Crippen MR) is 80.1 cm³/mol. The fourth-order valence-corrected chi connectivity index (χ4v) is 3.63. The summed E-state index contributed by atoms with van der Waals surface area (Å²) in [5.41, 5.74) is 2.09. The van der Waals surface area contributed by atoms with Crippen LogP contribution in [0.25, 0.3) is 0 Å². The van der Waals surface area contributed by atoms with Gasteiger partial charge in [0, 0.05) is 22.8 Å². The number of hydrogen-bond donors (Lipinski definition) is 1. The van der Waals surface area contributed by atoms with Crippen molar-refractivity contribution in [3.8, 4) is 0 Å². The molecule has 0 aliphatic carbocycles. The van der Waals surface area contributed by atoms with E-state index in [-0.39, 0.29) is 0 Å². The van der Waals surface area contributed by atoms with Crippen molar-refractivity contribution in [2.75, 3.05) is 20.1 Å². The van der Waals surface area contributed by atoms with E-state index in [1.165, 1.54) is 41.2 Å². The maximum Gasteiger partial charge on any atom is 0.0296 e. The summed E-state index contributed by atoms with van der Waals surface area (Å²) in [5, 5.41) is 3.24. The molecule has 0 radical (unpaired) electrons. The molecule has 0 atom stereocenters. The molecule has 1 aromatic heterocycles. The van der Waals surface area contributed by atoms with Crippen molar-refractivity contribution in [2.24, 2.45) is 5.41 Å². The minimum absolute atomic E-state index is 0.553. The van der Waals surface area contributed by atoms with Crippen molar-refractivity contribution in [3.63, 3.8) is 0 Å². The molecule has 1 fully saturated rings. The van der Waals surface area contributed by atoms with E-state index in [1.54, 1.807) is 0 Å². The second-order valence-corrected chi connectivity index (χ2v) is 7.61. The van der Waals surface area contributed by atoms with Crippen LogP contribution >= 0.6 is 11.3 Å². The first kappa shape index (κ1) is 14.0. The van der Waals surface area contributed by atoms with Crippen molar-refractivity contribution < 1.29 is 0 Å². The highest BCUT2D eigenvalue weighted by Crippen LogP contribution is 2.31. The molecule has 0 aromatic carbocycles. The van der Waals surface area contributed by atoms with E-state index in [4.69, 9.17) is 0 Å². The Balaban J connectivity index is 1.93. The van der Waals surface area contributed by atoms with Gasteiger partial charge >= 0.3 is 0 Å². The van der Waals surface area contributed by atoms with Gasteiger partial charge in [0.05, 0.1) is 0 Å². The Morgan fingerprint density at radius 1 is 1.33 bits per heavy atom. The third kappa shape index (κ3) is 3.56. The Bertz CT molecular complexity index is 385. The number of likely N-dealkylation sites (tertiary alicyclic amines) is 1. The summed E-state index contributed by atoms with van der Waals surface area (Å²) in [5.74, 6) is 0. The van der Waals surface area contributed by atoms with Crippen LogP contribution in [0.4, 0.5) is 0 Å². The maximum atomic E-state index is 3.24. The topological polar surface area (TPSA) is 15.3 Å². The lowest BCUT2D eigenvalue weighted by molar-refractivity contribution is 0.127. The Kier molecular flexibility index (Phi) is 4.46. The minimum atomic E-state index is 0.553. The molecule has 0 bridgehead atoms. The standard InChI is InChI=1S/C15H26N2S/c1-12-13(9-14(18-12)10-16-4)11-17-7-5-15(2,3)6-8-17/h9,16H,5-8,10-11H2,1-4H3. The van der Waals surface area contributed by atoms with Crippen LogP contribution in [-0.4, -0.2) is 25.0 Å². The number of hydrogen-bond acceptors (Lipinski definition) is 3. The van der Waals surface area contributed by atoms with Gasteiger partial charge in [-0.1, -0.05) is 13.8 Å². The molecule has 1 aromatic rings. The van der Waals surface area contributed by atoms with Gasteiger partial charge in [0.2, 0.25) is 0 Å². The van der Waals surface area contributed by atoms with Crippen molar-refractivity contribution >= 4 is 11.3 Å². The number of nitrogens with one attached hydrogen (secondary N) is 1. The van der Waals surface area contributed by atoms with Gasteiger partial charge in [-0.2, -0.15) is 0 Å². The number of rotatable bonds is 4. The van der Waals surface area contributed by atoms with Gasteiger partial charge in [-0.25, -0.2) is 0 Å². The smallest absolute Gasteiger partial charge is 0.0296 e. The SMILES string of the molecule is CNCc1cc(CN2CCC(C)(C)CC2)c(C)s1. The molecule has 1 saturated heterocycles. The summed E-state index contributed by atoms with van der Waals surface area (Å²) in [4.78, 5) is 5.57. The molecule has 1 N–H and O–H groups in total. The summed E-state index contributed by atoms with van der Waals surface area (Å²) in [6.45, 7) is 11.7. The molecule has 1 aliphatic heterocycles. The highest BCUT2D eigenvalue weighted by atomic mass is 32.1. The van der Waals surface area contributed by atoms with Crippen LogP contribution in [0.5, 0.6) is 0 Å². The molecule has 2 rings (SSSR count). The molecule has 102 valence electrons. The minimum Gasteiger partial charge on any atom is -0.315 e. The largest absolute Gasteiger partial charge is 0.315 e. The zero-order valence-corrected chi connectivity index (χ0v) is 13.0. The Hall–Kier alpha value is -0.380. The molecular formula is C15H26N2S. The average Bonchev–Trinajstić information content (AvgIpc) is 2.63. The second kappa shape index (κ2) is 5.72. The highest BCUT2D eigenvalue weighted by molar-refractivity contribution is 7.12. The third-order valence-corrected chi connectivity index (χ3v) is 5.12. The van der Waals surface area contributed by atoms with Crippen LogP contribution in [0.1, 0.15) is 42.0 Å². The number of thiophene rings is 1. The normalized spacial score (nSPS) is 20.2. The summed E-state index contributed by atoms with van der Waals surface area (Å²) in [6.07, 6.45) is 2.67. The summed E-state index contributed by atoms with van der Waals surface area (Å²) in [7, 11) is 2.02. The molecule has 2 nitrogen and oxygen atoms in total. The van der Waals surface area contributed by atoms with Crippen LogP contribution in [0.15, 0.2) is 6.07 Å². The van der Waals surface area contributed by atoms with Gasteiger partial charge in [0.1, 0.15) is 0 Å². The van der Waals surface area contributed by atoms with Gasteiger partial charge in [-0.3, -0.25) is 4.90 Å². The van der Waals surface area contributed by atoms with Gasteiger partial charge in [0.25, 0.3) is 0 Å². The predicted octanol–water partition coefficient (Wildman–Crippen LogP) is 3.40. The van der Waals surface area contributed by atoms with E-state index in [9.17, 15) is 0 Å². The first-order valence-electron chi connectivity index (χ1n) is 6.95. The van der Waals surface area contributed by atoms with E-state index in [1.807, 2.05) is 18.4 Å². The van der Waals surface area contributed by atoms with E-state index in [2.05, 4.69) is 37.1 Å². The van der Waals surface area contributed by atoms with Gasteiger partial charge in [-0.05, 0) is 56.9 Å². The lowest BCUT2D eigenvalue weighted by Crippen LogP contribution is -2.36.